The molecule has 0 fully saturated rings. The number of rotatable bonds is 4. The van der Waals surface area contributed by atoms with Crippen molar-refractivity contribution in [2.75, 3.05) is 7.11 Å². The molecule has 4 aromatic rings. The van der Waals surface area contributed by atoms with Crippen LogP contribution in [-0.4, -0.2) is 33.0 Å². The quantitative estimate of drug-likeness (QED) is 0.260. The van der Waals surface area contributed by atoms with Gasteiger partial charge < -0.3 is 9.84 Å². The number of methoxy groups -OCH3 is 1. The highest BCUT2D eigenvalue weighted by Crippen LogP contribution is 2.53. The fourth-order valence-electron chi connectivity index (χ4n) is 4.20. The summed E-state index contributed by atoms with van der Waals surface area (Å²) in [7, 11) is 1.24. The molecule has 0 aliphatic carbocycles. The number of hydrogen-bond acceptors (Lipinski definition) is 6. The number of hydrogen-bond donors (Lipinski definition) is 1. The van der Waals surface area contributed by atoms with Crippen molar-refractivity contribution in [1.29, 1.82) is 0 Å². The number of carbonyl (C=O) groups is 1. The predicted octanol–water partition coefficient (Wildman–Crippen LogP) is 8.17. The number of carboxylic acids is 1. The zero-order valence-corrected chi connectivity index (χ0v) is 22.4. The largest absolute Gasteiger partial charge is 0.497 e. The number of aryl methyl sites for hydroxylation is 1. The number of thiazole rings is 1. The van der Waals surface area contributed by atoms with Gasteiger partial charge in [-0.25, -0.2) is 9.78 Å². The average Bonchev–Trinajstić information content (AvgIpc) is 3.40. The summed E-state index contributed by atoms with van der Waals surface area (Å²) >= 11 is 15.3. The molecule has 1 aliphatic rings. The number of carboxylic acid groups (broad SMARTS) is 1. The van der Waals surface area contributed by atoms with Gasteiger partial charge in [-0.1, -0.05) is 34.5 Å². The molecule has 13 heteroatoms. The van der Waals surface area contributed by atoms with Gasteiger partial charge >= 0.3 is 12.1 Å². The SMILES string of the molecule is COc1cc(-c2c(C)nn(-c3nc4c(s3)SC(C)c3cc(Cl)c(Cl)cc3-4)c2C(=O)O)cc(C(F)(F)F)c1. The summed E-state index contributed by atoms with van der Waals surface area (Å²) in [5.74, 6) is -1.42. The monoisotopic (exact) mass is 585 g/mol. The zero-order chi connectivity index (χ0) is 26.8. The highest BCUT2D eigenvalue weighted by atomic mass is 35.5. The average molecular weight is 586 g/mol. The van der Waals surface area contributed by atoms with Gasteiger partial charge in [0.1, 0.15) is 5.75 Å². The molecule has 6 nitrogen and oxygen atoms in total. The van der Waals surface area contributed by atoms with Gasteiger partial charge in [0.25, 0.3) is 0 Å². The van der Waals surface area contributed by atoms with Gasteiger partial charge in [0.2, 0.25) is 5.13 Å². The van der Waals surface area contributed by atoms with E-state index in [0.29, 0.717) is 15.7 Å². The van der Waals surface area contributed by atoms with E-state index in [4.69, 9.17) is 27.9 Å². The number of aromatic carboxylic acids is 1. The van der Waals surface area contributed by atoms with Gasteiger partial charge in [-0.2, -0.15) is 23.0 Å². The number of thioether (sulfide) groups is 1. The summed E-state index contributed by atoms with van der Waals surface area (Å²) in [4.78, 5) is 17.1. The third-order valence-corrected chi connectivity index (χ3v) is 8.96. The lowest BCUT2D eigenvalue weighted by Gasteiger charge is -2.21. The van der Waals surface area contributed by atoms with Gasteiger partial charge in [0.05, 0.1) is 38.3 Å². The highest BCUT2D eigenvalue weighted by Gasteiger charge is 2.34. The number of ether oxygens (including phenoxy) is 1. The lowest BCUT2D eigenvalue weighted by molar-refractivity contribution is -0.137. The van der Waals surface area contributed by atoms with E-state index in [1.54, 1.807) is 23.9 Å². The number of alkyl halides is 3. The van der Waals surface area contributed by atoms with Crippen LogP contribution in [0.1, 0.15) is 39.5 Å². The van der Waals surface area contributed by atoms with Crippen LogP contribution in [0, 0.1) is 6.92 Å². The molecule has 0 spiro atoms. The maximum absolute atomic E-state index is 13.5. The third kappa shape index (κ3) is 4.47. The molecule has 0 saturated carbocycles. The molecule has 0 radical (unpaired) electrons. The second-order valence-electron chi connectivity index (χ2n) is 8.22. The van der Waals surface area contributed by atoms with E-state index >= 15 is 0 Å². The van der Waals surface area contributed by atoms with Crippen molar-refractivity contribution in [2.24, 2.45) is 0 Å². The molecule has 192 valence electrons. The van der Waals surface area contributed by atoms with E-state index in [2.05, 4.69) is 10.1 Å². The van der Waals surface area contributed by atoms with Crippen LogP contribution in [0.25, 0.3) is 27.5 Å². The smallest absolute Gasteiger partial charge is 0.416 e. The van der Waals surface area contributed by atoms with Crippen molar-refractivity contribution in [3.63, 3.8) is 0 Å². The Labute approximate surface area is 227 Å². The molecule has 1 aliphatic heterocycles. The van der Waals surface area contributed by atoms with E-state index in [0.717, 1.165) is 32.2 Å². The van der Waals surface area contributed by atoms with Crippen LogP contribution in [0.15, 0.2) is 34.5 Å². The van der Waals surface area contributed by atoms with Crippen LogP contribution in [0.5, 0.6) is 5.75 Å². The molecule has 5 rings (SSSR count). The minimum absolute atomic E-state index is 0.0175. The molecule has 2 aromatic heterocycles. The molecule has 37 heavy (non-hydrogen) atoms. The van der Waals surface area contributed by atoms with Crippen LogP contribution in [0.4, 0.5) is 13.2 Å². The Hall–Kier alpha value is -2.73. The summed E-state index contributed by atoms with van der Waals surface area (Å²) in [6, 6.07) is 6.60. The predicted molar refractivity (Wildman–Crippen MR) is 138 cm³/mol. The highest BCUT2D eigenvalue weighted by molar-refractivity contribution is 8.01. The molecule has 1 N–H and O–H groups in total. The number of fused-ring (bicyclic) bond motifs is 3. The van der Waals surface area contributed by atoms with Crippen LogP contribution < -0.4 is 4.74 Å². The molecule has 1 unspecified atom stereocenters. The first-order valence-corrected chi connectivity index (χ1v) is 13.1. The van der Waals surface area contributed by atoms with Crippen molar-refractivity contribution in [3.8, 4) is 33.3 Å². The van der Waals surface area contributed by atoms with Gasteiger partial charge in [-0.05, 0) is 55.3 Å². The fraction of sp³-hybridized carbons (Fsp3) is 0.208. The third-order valence-electron chi connectivity index (χ3n) is 5.86. The van der Waals surface area contributed by atoms with Gasteiger partial charge in [-0.3, -0.25) is 0 Å². The first kappa shape index (κ1) is 25.9. The normalized spacial score (nSPS) is 14.9. The minimum atomic E-state index is -4.66. The first-order chi connectivity index (χ1) is 17.4. The summed E-state index contributed by atoms with van der Waals surface area (Å²) in [6.07, 6.45) is -4.66. The molecule has 0 bridgehead atoms. The van der Waals surface area contributed by atoms with E-state index in [1.807, 2.05) is 6.92 Å². The molecule has 1 atom stereocenters. The Kier molecular flexibility index (Phi) is 6.46. The molecule has 2 aromatic carbocycles. The lowest BCUT2D eigenvalue weighted by Crippen LogP contribution is -2.10. The van der Waals surface area contributed by atoms with E-state index in [1.165, 1.54) is 31.4 Å². The number of aromatic nitrogens is 3. The number of benzene rings is 2. The number of halogens is 5. The van der Waals surface area contributed by atoms with E-state index < -0.39 is 17.7 Å². The Bertz CT molecular complexity index is 1580. The standard InChI is InChI=1S/C24H16Cl2F3N3O3S2/c1-9-18(11-4-12(24(27,28)29)6-13(5-11)35-3)20(21(33)34)32(31-9)23-30-19-15-8-17(26)16(25)7-14(15)10(2)36-22(19)37-23/h4-8,10H,1-3H3,(H,33,34). The van der Waals surface area contributed by atoms with E-state index in [-0.39, 0.29) is 38.6 Å². The van der Waals surface area contributed by atoms with Crippen molar-refractivity contribution in [1.82, 2.24) is 14.8 Å². The molecule has 0 amide bonds. The topological polar surface area (TPSA) is 77.2 Å². The molecular weight excluding hydrogens is 570 g/mol. The number of nitrogens with zero attached hydrogens (tertiary/aromatic N) is 3. The summed E-state index contributed by atoms with van der Waals surface area (Å²) in [6.45, 7) is 3.54. The lowest BCUT2D eigenvalue weighted by atomic mass is 10.00. The van der Waals surface area contributed by atoms with Gasteiger partial charge in [0, 0.05) is 16.4 Å². The Balaban J connectivity index is 1.71. The van der Waals surface area contributed by atoms with Crippen LogP contribution in [0.2, 0.25) is 10.0 Å². The van der Waals surface area contributed by atoms with Gasteiger partial charge in [0.15, 0.2) is 5.69 Å². The molecule has 3 heterocycles. The molecule has 0 saturated heterocycles. The van der Waals surface area contributed by atoms with Crippen molar-refractivity contribution >= 4 is 52.3 Å². The second-order valence-corrected chi connectivity index (χ2v) is 11.6. The zero-order valence-electron chi connectivity index (χ0n) is 19.3. The fourth-order valence-corrected chi connectivity index (χ4v) is 7.07. The van der Waals surface area contributed by atoms with Crippen LogP contribution in [-0.2, 0) is 6.18 Å². The maximum atomic E-state index is 13.5. The van der Waals surface area contributed by atoms with Crippen LogP contribution in [0.3, 0.4) is 0 Å². The Morgan fingerprint density at radius 1 is 1.16 bits per heavy atom. The first-order valence-electron chi connectivity index (χ1n) is 10.7. The summed E-state index contributed by atoms with van der Waals surface area (Å²) in [5.41, 5.74) is 1.35. The van der Waals surface area contributed by atoms with Crippen LogP contribution >= 0.6 is 46.3 Å². The minimum Gasteiger partial charge on any atom is -0.497 e. The van der Waals surface area contributed by atoms with Crippen molar-refractivity contribution < 1.29 is 27.8 Å². The van der Waals surface area contributed by atoms with Crippen molar-refractivity contribution in [3.05, 3.63) is 62.9 Å². The Morgan fingerprint density at radius 2 is 1.86 bits per heavy atom. The molecular formula is C24H16Cl2F3N3O3S2. The summed E-state index contributed by atoms with van der Waals surface area (Å²) < 4.78 is 47.7. The Morgan fingerprint density at radius 3 is 2.51 bits per heavy atom. The van der Waals surface area contributed by atoms with Gasteiger partial charge in [-0.15, -0.1) is 11.8 Å². The van der Waals surface area contributed by atoms with Crippen molar-refractivity contribution in [2.45, 2.75) is 29.5 Å². The van der Waals surface area contributed by atoms with E-state index in [9.17, 15) is 23.1 Å². The summed E-state index contributed by atoms with van der Waals surface area (Å²) in [5, 5.41) is 15.6. The maximum Gasteiger partial charge on any atom is 0.416 e. The second kappa shape index (κ2) is 9.23.